The van der Waals surface area contributed by atoms with Crippen molar-refractivity contribution in [2.75, 3.05) is 19.6 Å². The van der Waals surface area contributed by atoms with Crippen molar-refractivity contribution in [1.29, 1.82) is 0 Å². The molecule has 2 saturated carbocycles. The maximum Gasteiger partial charge on any atom is 0.00966 e. The van der Waals surface area contributed by atoms with Gasteiger partial charge in [-0.05, 0) is 62.9 Å². The van der Waals surface area contributed by atoms with Crippen molar-refractivity contribution in [2.24, 2.45) is 17.1 Å². The minimum absolute atomic E-state index is 0.701. The second kappa shape index (κ2) is 3.21. The molecule has 1 spiro atoms. The van der Waals surface area contributed by atoms with Crippen LogP contribution in [-0.2, 0) is 0 Å². The van der Waals surface area contributed by atoms with Crippen LogP contribution >= 0.6 is 0 Å². The number of nitrogens with zero attached hydrogens (tertiary/aromatic N) is 1. The average molecular weight is 194 g/mol. The SMILES string of the molecule is NC[C@@H]1CC[C@]2(CCN(C3CC3)C2)C1. The maximum absolute atomic E-state index is 5.78. The van der Waals surface area contributed by atoms with Gasteiger partial charge < -0.3 is 5.73 Å². The molecule has 0 amide bonds. The lowest BCUT2D eigenvalue weighted by atomic mass is 9.84. The Balaban J connectivity index is 1.63. The predicted octanol–water partition coefficient (Wildman–Crippen LogP) is 1.60. The molecule has 2 aliphatic carbocycles. The first kappa shape index (κ1) is 9.17. The molecule has 3 rings (SSSR count). The molecule has 0 aromatic heterocycles. The zero-order chi connectivity index (χ0) is 9.60. The topological polar surface area (TPSA) is 29.3 Å². The van der Waals surface area contributed by atoms with Crippen molar-refractivity contribution >= 4 is 0 Å². The van der Waals surface area contributed by atoms with Gasteiger partial charge in [-0.15, -0.1) is 0 Å². The largest absolute Gasteiger partial charge is 0.330 e. The van der Waals surface area contributed by atoms with Gasteiger partial charge in [-0.2, -0.15) is 0 Å². The monoisotopic (exact) mass is 194 g/mol. The van der Waals surface area contributed by atoms with Gasteiger partial charge in [0.15, 0.2) is 0 Å². The van der Waals surface area contributed by atoms with E-state index in [4.69, 9.17) is 5.73 Å². The van der Waals surface area contributed by atoms with E-state index in [0.717, 1.165) is 18.5 Å². The molecule has 0 radical (unpaired) electrons. The smallest absolute Gasteiger partial charge is 0.00966 e. The molecule has 0 aromatic carbocycles. The molecule has 3 fully saturated rings. The van der Waals surface area contributed by atoms with Crippen LogP contribution in [0.3, 0.4) is 0 Å². The van der Waals surface area contributed by atoms with Crippen molar-refractivity contribution in [2.45, 2.75) is 44.6 Å². The number of rotatable bonds is 2. The summed E-state index contributed by atoms with van der Waals surface area (Å²) in [6.45, 7) is 3.70. The zero-order valence-corrected chi connectivity index (χ0v) is 9.04. The van der Waals surface area contributed by atoms with E-state index in [1.54, 1.807) is 0 Å². The van der Waals surface area contributed by atoms with Gasteiger partial charge in [0.05, 0.1) is 0 Å². The molecule has 1 saturated heterocycles. The molecule has 0 bridgehead atoms. The first-order chi connectivity index (χ1) is 6.81. The second-order valence-electron chi connectivity index (χ2n) is 5.80. The van der Waals surface area contributed by atoms with E-state index in [-0.39, 0.29) is 0 Å². The first-order valence-electron chi connectivity index (χ1n) is 6.25. The molecule has 0 unspecified atom stereocenters. The third-order valence-electron chi connectivity index (χ3n) is 4.67. The van der Waals surface area contributed by atoms with Crippen LogP contribution < -0.4 is 5.73 Å². The molecule has 0 aromatic rings. The van der Waals surface area contributed by atoms with Crippen molar-refractivity contribution in [1.82, 2.24) is 4.90 Å². The zero-order valence-electron chi connectivity index (χ0n) is 9.04. The van der Waals surface area contributed by atoms with Crippen molar-refractivity contribution < 1.29 is 0 Å². The molecule has 1 aliphatic heterocycles. The van der Waals surface area contributed by atoms with E-state index in [9.17, 15) is 0 Å². The molecule has 2 heteroatoms. The summed E-state index contributed by atoms with van der Waals surface area (Å²) in [5.74, 6) is 0.842. The molecule has 2 atom stereocenters. The van der Waals surface area contributed by atoms with Gasteiger partial charge in [0.1, 0.15) is 0 Å². The van der Waals surface area contributed by atoms with Crippen LogP contribution in [0.2, 0.25) is 0 Å². The fourth-order valence-electron chi connectivity index (χ4n) is 3.62. The molecule has 14 heavy (non-hydrogen) atoms. The lowest BCUT2D eigenvalue weighted by Gasteiger charge is -2.24. The van der Waals surface area contributed by atoms with Crippen LogP contribution in [0.5, 0.6) is 0 Å². The molecular formula is C12H22N2. The summed E-state index contributed by atoms with van der Waals surface area (Å²) < 4.78 is 0. The summed E-state index contributed by atoms with van der Waals surface area (Å²) in [7, 11) is 0. The summed E-state index contributed by atoms with van der Waals surface area (Å²) in [5, 5.41) is 0. The number of hydrogen-bond donors (Lipinski definition) is 1. The Morgan fingerprint density at radius 3 is 2.71 bits per heavy atom. The lowest BCUT2D eigenvalue weighted by molar-refractivity contribution is 0.248. The van der Waals surface area contributed by atoms with Gasteiger partial charge in [0.2, 0.25) is 0 Å². The lowest BCUT2D eigenvalue weighted by Crippen LogP contribution is -2.27. The van der Waals surface area contributed by atoms with Crippen LogP contribution in [0.15, 0.2) is 0 Å². The van der Waals surface area contributed by atoms with Crippen molar-refractivity contribution in [3.63, 3.8) is 0 Å². The maximum atomic E-state index is 5.78. The van der Waals surface area contributed by atoms with Crippen LogP contribution in [0, 0.1) is 11.3 Å². The first-order valence-corrected chi connectivity index (χ1v) is 6.25. The van der Waals surface area contributed by atoms with Gasteiger partial charge in [-0.3, -0.25) is 4.90 Å². The van der Waals surface area contributed by atoms with E-state index >= 15 is 0 Å². The molecule has 1 heterocycles. The highest BCUT2D eigenvalue weighted by molar-refractivity contribution is 5.00. The van der Waals surface area contributed by atoms with Gasteiger partial charge in [-0.1, -0.05) is 0 Å². The predicted molar refractivity (Wildman–Crippen MR) is 58.0 cm³/mol. The average Bonchev–Trinajstić information content (AvgIpc) is 2.87. The van der Waals surface area contributed by atoms with Crippen LogP contribution in [0.1, 0.15) is 38.5 Å². The van der Waals surface area contributed by atoms with Crippen molar-refractivity contribution in [3.05, 3.63) is 0 Å². The van der Waals surface area contributed by atoms with Crippen molar-refractivity contribution in [3.8, 4) is 0 Å². The number of nitrogens with two attached hydrogens (primary N) is 1. The fraction of sp³-hybridized carbons (Fsp3) is 1.00. The van der Waals surface area contributed by atoms with E-state index in [2.05, 4.69) is 4.90 Å². The Morgan fingerprint density at radius 1 is 1.21 bits per heavy atom. The van der Waals surface area contributed by atoms with E-state index in [1.807, 2.05) is 0 Å². The summed E-state index contributed by atoms with van der Waals surface area (Å²) >= 11 is 0. The van der Waals surface area contributed by atoms with Crippen LogP contribution in [0.4, 0.5) is 0 Å². The quantitative estimate of drug-likeness (QED) is 0.723. The Hall–Kier alpha value is -0.0800. The van der Waals surface area contributed by atoms with E-state index in [0.29, 0.717) is 5.41 Å². The molecule has 2 N–H and O–H groups in total. The van der Waals surface area contributed by atoms with Gasteiger partial charge in [0, 0.05) is 12.6 Å². The Bertz CT molecular complexity index is 224. The third-order valence-corrected chi connectivity index (χ3v) is 4.67. The van der Waals surface area contributed by atoms with Crippen LogP contribution in [0.25, 0.3) is 0 Å². The highest BCUT2D eigenvalue weighted by atomic mass is 15.2. The minimum atomic E-state index is 0.701. The highest BCUT2D eigenvalue weighted by Gasteiger charge is 2.46. The van der Waals surface area contributed by atoms with Gasteiger partial charge in [-0.25, -0.2) is 0 Å². The van der Waals surface area contributed by atoms with Gasteiger partial charge >= 0.3 is 0 Å². The summed E-state index contributed by atoms with van der Waals surface area (Å²) in [6.07, 6.45) is 8.67. The molecule has 3 aliphatic rings. The Kier molecular flexibility index (Phi) is 2.10. The van der Waals surface area contributed by atoms with E-state index in [1.165, 1.54) is 51.6 Å². The summed E-state index contributed by atoms with van der Waals surface area (Å²) in [5.41, 5.74) is 6.48. The molecule has 80 valence electrons. The normalized spacial score (nSPS) is 43.9. The summed E-state index contributed by atoms with van der Waals surface area (Å²) in [4.78, 5) is 2.75. The Labute approximate surface area is 86.8 Å². The Morgan fingerprint density at radius 2 is 2.07 bits per heavy atom. The van der Waals surface area contributed by atoms with Gasteiger partial charge in [0.25, 0.3) is 0 Å². The fourth-order valence-corrected chi connectivity index (χ4v) is 3.62. The highest BCUT2D eigenvalue weighted by Crippen LogP contribution is 2.49. The summed E-state index contributed by atoms with van der Waals surface area (Å²) in [6, 6.07) is 0.978. The third kappa shape index (κ3) is 1.49. The minimum Gasteiger partial charge on any atom is -0.330 e. The molecular weight excluding hydrogens is 172 g/mol. The second-order valence-corrected chi connectivity index (χ2v) is 5.80. The molecule has 2 nitrogen and oxygen atoms in total. The number of likely N-dealkylation sites (tertiary alicyclic amines) is 1. The van der Waals surface area contributed by atoms with E-state index < -0.39 is 0 Å². The standard InChI is InChI=1S/C12H22N2/c13-8-10-3-4-12(7-10)5-6-14(9-12)11-1-2-11/h10-11H,1-9,13H2/t10-,12+/m1/s1. The number of hydrogen-bond acceptors (Lipinski definition) is 2. The van der Waals surface area contributed by atoms with Crippen LogP contribution in [-0.4, -0.2) is 30.6 Å².